The summed E-state index contributed by atoms with van der Waals surface area (Å²) in [6.07, 6.45) is 5.34. The summed E-state index contributed by atoms with van der Waals surface area (Å²) in [6, 6.07) is 0.305. The molecule has 0 aliphatic carbocycles. The maximum atomic E-state index is 11.7. The Morgan fingerprint density at radius 1 is 1.56 bits per heavy atom. The number of hydrogen-bond donors (Lipinski definition) is 2. The molecule has 1 aliphatic heterocycles. The molecule has 0 aromatic carbocycles. The van der Waals surface area contributed by atoms with Gasteiger partial charge in [0.25, 0.3) is 5.91 Å². The minimum absolute atomic E-state index is 0. The molecule has 0 radical (unpaired) electrons. The van der Waals surface area contributed by atoms with Crippen molar-refractivity contribution in [2.45, 2.75) is 18.9 Å². The number of hydrogen-bond acceptors (Lipinski definition) is 3. The lowest BCUT2D eigenvalue weighted by Gasteiger charge is -2.23. The Hall–Kier alpha value is -1.07. The summed E-state index contributed by atoms with van der Waals surface area (Å²) in [4.78, 5) is 11.7. The largest absolute Gasteiger partial charge is 0.349 e. The number of aryl methyl sites for hydroxylation is 1. The van der Waals surface area contributed by atoms with E-state index in [9.17, 15) is 4.79 Å². The maximum absolute atomic E-state index is 11.7. The Morgan fingerprint density at radius 3 is 2.81 bits per heavy atom. The van der Waals surface area contributed by atoms with Crippen LogP contribution < -0.4 is 10.6 Å². The zero-order valence-electron chi connectivity index (χ0n) is 9.27. The van der Waals surface area contributed by atoms with Gasteiger partial charge in [0.1, 0.15) is 0 Å². The summed E-state index contributed by atoms with van der Waals surface area (Å²) in [7, 11) is 1.81. The molecule has 1 aromatic heterocycles. The van der Waals surface area contributed by atoms with Gasteiger partial charge in [-0.05, 0) is 25.9 Å². The Morgan fingerprint density at radius 2 is 2.25 bits per heavy atom. The molecular weight excluding hydrogens is 228 g/mol. The summed E-state index contributed by atoms with van der Waals surface area (Å²) in [5.41, 5.74) is 0.635. The van der Waals surface area contributed by atoms with Gasteiger partial charge in [-0.25, -0.2) is 0 Å². The van der Waals surface area contributed by atoms with E-state index in [-0.39, 0.29) is 18.3 Å². The summed E-state index contributed by atoms with van der Waals surface area (Å²) < 4.78 is 1.64. The van der Waals surface area contributed by atoms with E-state index in [0.717, 1.165) is 25.9 Å². The van der Waals surface area contributed by atoms with Gasteiger partial charge in [0.2, 0.25) is 0 Å². The number of aromatic nitrogens is 2. The van der Waals surface area contributed by atoms with Crippen LogP contribution in [0.25, 0.3) is 0 Å². The Bertz CT molecular complexity index is 346. The van der Waals surface area contributed by atoms with E-state index in [1.54, 1.807) is 24.1 Å². The van der Waals surface area contributed by atoms with Crippen molar-refractivity contribution in [3.63, 3.8) is 0 Å². The molecule has 2 heterocycles. The predicted octanol–water partition coefficient (Wildman–Crippen LogP) is 0.324. The van der Waals surface area contributed by atoms with E-state index >= 15 is 0 Å². The fraction of sp³-hybridized carbons (Fsp3) is 0.600. The molecule has 1 aromatic rings. The zero-order chi connectivity index (χ0) is 10.7. The number of piperidine rings is 1. The van der Waals surface area contributed by atoms with Crippen LogP contribution in [0.15, 0.2) is 12.4 Å². The highest BCUT2D eigenvalue weighted by Gasteiger charge is 2.16. The fourth-order valence-corrected chi connectivity index (χ4v) is 1.77. The van der Waals surface area contributed by atoms with Crippen molar-refractivity contribution >= 4 is 18.3 Å². The van der Waals surface area contributed by atoms with Crippen LogP contribution in [0.2, 0.25) is 0 Å². The molecule has 0 spiro atoms. The van der Waals surface area contributed by atoms with Crippen molar-refractivity contribution in [1.82, 2.24) is 20.4 Å². The van der Waals surface area contributed by atoms with Crippen LogP contribution in [0.5, 0.6) is 0 Å². The molecular formula is C10H17ClN4O. The summed E-state index contributed by atoms with van der Waals surface area (Å²) >= 11 is 0. The lowest BCUT2D eigenvalue weighted by atomic mass is 10.1. The fourth-order valence-electron chi connectivity index (χ4n) is 1.77. The van der Waals surface area contributed by atoms with Crippen LogP contribution in [0.1, 0.15) is 23.2 Å². The molecule has 16 heavy (non-hydrogen) atoms. The molecule has 1 aliphatic rings. The van der Waals surface area contributed by atoms with Crippen LogP contribution in [-0.4, -0.2) is 34.8 Å². The number of nitrogens with one attached hydrogen (secondary N) is 2. The average molecular weight is 245 g/mol. The third-order valence-electron chi connectivity index (χ3n) is 2.64. The number of halogens is 1. The first-order chi connectivity index (χ1) is 7.25. The van der Waals surface area contributed by atoms with Gasteiger partial charge in [-0.2, -0.15) is 5.10 Å². The minimum Gasteiger partial charge on any atom is -0.349 e. The normalized spacial score (nSPS) is 16.6. The van der Waals surface area contributed by atoms with Crippen LogP contribution in [0.4, 0.5) is 0 Å². The monoisotopic (exact) mass is 244 g/mol. The van der Waals surface area contributed by atoms with Gasteiger partial charge in [0, 0.05) is 19.3 Å². The summed E-state index contributed by atoms with van der Waals surface area (Å²) in [6.45, 7) is 1.97. The van der Waals surface area contributed by atoms with Gasteiger partial charge in [-0.15, -0.1) is 12.4 Å². The van der Waals surface area contributed by atoms with Crippen molar-refractivity contribution in [2.75, 3.05) is 13.1 Å². The molecule has 5 nitrogen and oxygen atoms in total. The van der Waals surface area contributed by atoms with E-state index in [1.165, 1.54) is 0 Å². The third kappa shape index (κ3) is 3.21. The van der Waals surface area contributed by atoms with Gasteiger partial charge in [-0.1, -0.05) is 0 Å². The number of amides is 1. The number of rotatable bonds is 2. The smallest absolute Gasteiger partial charge is 0.254 e. The highest BCUT2D eigenvalue weighted by molar-refractivity contribution is 5.93. The summed E-state index contributed by atoms with van der Waals surface area (Å²) in [5.74, 6) is -0.0185. The number of carbonyl (C=O) groups excluding carboxylic acids is 1. The first kappa shape index (κ1) is 13.0. The standard InChI is InChI=1S/C10H16N4O.ClH/c1-14-7-8(6-12-14)10(15)13-9-2-4-11-5-3-9;/h6-7,9,11H,2-5H2,1H3,(H,13,15);1H. The minimum atomic E-state index is -0.0185. The quantitative estimate of drug-likeness (QED) is 0.788. The van der Waals surface area contributed by atoms with E-state index in [0.29, 0.717) is 11.6 Å². The molecule has 0 atom stereocenters. The van der Waals surface area contributed by atoms with Crippen LogP contribution >= 0.6 is 12.4 Å². The molecule has 0 saturated carbocycles. The maximum Gasteiger partial charge on any atom is 0.254 e. The van der Waals surface area contributed by atoms with Gasteiger partial charge >= 0.3 is 0 Å². The summed E-state index contributed by atoms with van der Waals surface area (Å²) in [5, 5.41) is 10.3. The van der Waals surface area contributed by atoms with Crippen LogP contribution in [-0.2, 0) is 7.05 Å². The topological polar surface area (TPSA) is 59.0 Å². The van der Waals surface area contributed by atoms with Gasteiger partial charge < -0.3 is 10.6 Å². The van der Waals surface area contributed by atoms with Crippen LogP contribution in [0, 0.1) is 0 Å². The van der Waals surface area contributed by atoms with Crippen molar-refractivity contribution < 1.29 is 4.79 Å². The zero-order valence-corrected chi connectivity index (χ0v) is 10.1. The van der Waals surface area contributed by atoms with E-state index in [2.05, 4.69) is 15.7 Å². The number of carbonyl (C=O) groups is 1. The van der Waals surface area contributed by atoms with Crippen molar-refractivity contribution in [3.8, 4) is 0 Å². The molecule has 1 fully saturated rings. The lowest BCUT2D eigenvalue weighted by Crippen LogP contribution is -2.42. The second-order valence-electron chi connectivity index (χ2n) is 3.90. The van der Waals surface area contributed by atoms with Gasteiger partial charge in [-0.3, -0.25) is 9.48 Å². The second kappa shape index (κ2) is 5.86. The SMILES string of the molecule is Cl.Cn1cc(C(=O)NC2CCNCC2)cn1. The van der Waals surface area contributed by atoms with Crippen molar-refractivity contribution in [3.05, 3.63) is 18.0 Å². The van der Waals surface area contributed by atoms with E-state index in [4.69, 9.17) is 0 Å². The Kier molecular flexibility index (Phi) is 4.76. The first-order valence-corrected chi connectivity index (χ1v) is 5.26. The molecule has 90 valence electrons. The molecule has 1 saturated heterocycles. The molecule has 1 amide bonds. The van der Waals surface area contributed by atoms with E-state index < -0.39 is 0 Å². The first-order valence-electron chi connectivity index (χ1n) is 5.26. The highest BCUT2D eigenvalue weighted by atomic mass is 35.5. The molecule has 0 bridgehead atoms. The second-order valence-corrected chi connectivity index (χ2v) is 3.90. The van der Waals surface area contributed by atoms with E-state index in [1.807, 2.05) is 0 Å². The molecule has 2 rings (SSSR count). The lowest BCUT2D eigenvalue weighted by molar-refractivity contribution is 0.0929. The third-order valence-corrected chi connectivity index (χ3v) is 2.64. The number of nitrogens with zero attached hydrogens (tertiary/aromatic N) is 2. The molecule has 6 heteroatoms. The Balaban J connectivity index is 0.00000128. The average Bonchev–Trinajstić information content (AvgIpc) is 2.66. The molecule has 0 unspecified atom stereocenters. The highest BCUT2D eigenvalue weighted by Crippen LogP contribution is 2.04. The van der Waals surface area contributed by atoms with Gasteiger partial charge in [0.05, 0.1) is 11.8 Å². The van der Waals surface area contributed by atoms with Gasteiger partial charge in [0.15, 0.2) is 0 Å². The predicted molar refractivity (Wildman–Crippen MR) is 63.8 cm³/mol. The Labute approximate surface area is 101 Å². The molecule has 2 N–H and O–H groups in total. The van der Waals surface area contributed by atoms with Crippen molar-refractivity contribution in [2.24, 2.45) is 7.05 Å². The van der Waals surface area contributed by atoms with Crippen LogP contribution in [0.3, 0.4) is 0 Å². The van der Waals surface area contributed by atoms with Crippen molar-refractivity contribution in [1.29, 1.82) is 0 Å².